The number of carbonyl (C=O) groups excluding carboxylic acids is 2. The van der Waals surface area contributed by atoms with Gasteiger partial charge in [-0.05, 0) is 39.7 Å². The minimum atomic E-state index is -0.240. The van der Waals surface area contributed by atoms with Crippen LogP contribution in [-0.4, -0.2) is 16.0 Å². The lowest BCUT2D eigenvalue weighted by Gasteiger charge is -2.14. The molecule has 1 aliphatic heterocycles. The van der Waals surface area contributed by atoms with Crippen LogP contribution in [0.1, 0.15) is 11.1 Å². The molecule has 0 N–H and O–H groups in total. The topological polar surface area (TPSA) is 37.4 Å². The van der Waals surface area contributed by atoms with Gasteiger partial charge in [0.05, 0.1) is 11.4 Å². The predicted molar refractivity (Wildman–Crippen MR) is 111 cm³/mol. The van der Waals surface area contributed by atoms with E-state index in [9.17, 15) is 9.59 Å². The molecule has 0 aromatic heterocycles. The van der Waals surface area contributed by atoms with E-state index >= 15 is 0 Å². The first-order valence-electron chi connectivity index (χ1n) is 8.66. The van der Waals surface area contributed by atoms with Crippen LogP contribution in [0.2, 0.25) is 0 Å². The number of hydrogen-bond donors (Lipinski definition) is 0. The van der Waals surface area contributed by atoms with E-state index in [1.54, 1.807) is 6.08 Å². The molecule has 0 bridgehead atoms. The second kappa shape index (κ2) is 7.64. The Morgan fingerprint density at radius 1 is 0.852 bits per heavy atom. The van der Waals surface area contributed by atoms with Crippen molar-refractivity contribution in [2.45, 2.75) is 6.54 Å². The average molecular weight is 371 g/mol. The molecular formula is C23H17NO2S. The first-order valence-corrected chi connectivity index (χ1v) is 9.48. The summed E-state index contributed by atoms with van der Waals surface area (Å²) in [5.74, 6) is -0.240. The van der Waals surface area contributed by atoms with Crippen LogP contribution < -0.4 is 0 Å². The fourth-order valence-electron chi connectivity index (χ4n) is 3.06. The van der Waals surface area contributed by atoms with Gasteiger partial charge >= 0.3 is 0 Å². The van der Waals surface area contributed by atoms with Crippen molar-refractivity contribution in [1.29, 1.82) is 0 Å². The molecule has 0 aliphatic carbocycles. The Labute approximate surface area is 162 Å². The van der Waals surface area contributed by atoms with Crippen LogP contribution in [0.4, 0.5) is 4.79 Å². The Kier molecular flexibility index (Phi) is 4.90. The predicted octanol–water partition coefficient (Wildman–Crippen LogP) is 5.63. The van der Waals surface area contributed by atoms with Gasteiger partial charge in [0, 0.05) is 0 Å². The summed E-state index contributed by atoms with van der Waals surface area (Å²) in [6, 6.07) is 23.8. The molecule has 0 unspecified atom stereocenters. The van der Waals surface area contributed by atoms with Crippen molar-refractivity contribution >= 4 is 39.8 Å². The zero-order chi connectivity index (χ0) is 18.6. The van der Waals surface area contributed by atoms with E-state index in [1.807, 2.05) is 84.9 Å². The zero-order valence-electron chi connectivity index (χ0n) is 14.5. The number of amides is 2. The second-order valence-corrected chi connectivity index (χ2v) is 7.19. The highest BCUT2D eigenvalue weighted by Crippen LogP contribution is 2.33. The number of benzene rings is 3. The van der Waals surface area contributed by atoms with Crippen LogP contribution in [0.15, 0.2) is 89.9 Å². The minimum absolute atomic E-state index is 0.229. The van der Waals surface area contributed by atoms with Crippen LogP contribution in [0.25, 0.3) is 16.8 Å². The molecule has 132 valence electrons. The lowest BCUT2D eigenvalue weighted by molar-refractivity contribution is -0.123. The lowest BCUT2D eigenvalue weighted by atomic mass is 10.0. The number of carbonyl (C=O) groups is 2. The minimum Gasteiger partial charge on any atom is -0.268 e. The average Bonchev–Trinajstić information content (AvgIpc) is 2.97. The molecule has 1 fully saturated rings. The van der Waals surface area contributed by atoms with E-state index in [2.05, 4.69) is 0 Å². The summed E-state index contributed by atoms with van der Waals surface area (Å²) in [5, 5.41) is 1.93. The van der Waals surface area contributed by atoms with Gasteiger partial charge in [0.2, 0.25) is 0 Å². The number of fused-ring (bicyclic) bond motifs is 1. The normalized spacial score (nSPS) is 16.1. The molecule has 4 rings (SSSR count). The van der Waals surface area contributed by atoms with Gasteiger partial charge in [-0.3, -0.25) is 14.5 Å². The third kappa shape index (κ3) is 3.71. The molecule has 1 heterocycles. The molecule has 4 heteroatoms. The number of allylic oxidation sites excluding steroid dienone is 2. The second-order valence-electron chi connectivity index (χ2n) is 6.20. The molecule has 1 saturated heterocycles. The number of nitrogens with zero attached hydrogens (tertiary/aromatic N) is 1. The van der Waals surface area contributed by atoms with Gasteiger partial charge < -0.3 is 0 Å². The van der Waals surface area contributed by atoms with E-state index in [-0.39, 0.29) is 17.7 Å². The number of rotatable bonds is 4. The highest BCUT2D eigenvalue weighted by Gasteiger charge is 2.34. The summed E-state index contributed by atoms with van der Waals surface area (Å²) < 4.78 is 0. The standard InChI is InChI=1S/C23H17NO2S/c25-22-21(15-6-10-17-8-2-1-3-9-17)27-23(26)24(22)16-19-13-7-12-18-11-4-5-14-20(18)19/h1-15H,16H2/b10-6+,21-15+. The van der Waals surface area contributed by atoms with E-state index < -0.39 is 0 Å². The molecule has 27 heavy (non-hydrogen) atoms. The van der Waals surface area contributed by atoms with E-state index in [4.69, 9.17) is 0 Å². The Balaban J connectivity index is 1.54. The monoisotopic (exact) mass is 371 g/mol. The van der Waals surface area contributed by atoms with Crippen LogP contribution >= 0.6 is 11.8 Å². The molecule has 3 aromatic carbocycles. The van der Waals surface area contributed by atoms with Gasteiger partial charge in [0.15, 0.2) is 0 Å². The van der Waals surface area contributed by atoms with E-state index in [0.717, 1.165) is 33.7 Å². The summed E-state index contributed by atoms with van der Waals surface area (Å²) in [7, 11) is 0. The molecule has 2 amide bonds. The molecule has 1 aliphatic rings. The molecule has 3 aromatic rings. The van der Waals surface area contributed by atoms with Crippen molar-refractivity contribution < 1.29 is 9.59 Å². The Morgan fingerprint density at radius 3 is 2.44 bits per heavy atom. The van der Waals surface area contributed by atoms with Crippen molar-refractivity contribution in [2.24, 2.45) is 0 Å². The first-order chi connectivity index (χ1) is 13.2. The molecular weight excluding hydrogens is 354 g/mol. The van der Waals surface area contributed by atoms with Crippen molar-refractivity contribution in [3.8, 4) is 0 Å². The number of hydrogen-bond acceptors (Lipinski definition) is 3. The lowest BCUT2D eigenvalue weighted by Crippen LogP contribution is -2.27. The Bertz CT molecular complexity index is 1060. The molecule has 0 saturated carbocycles. The molecule has 3 nitrogen and oxygen atoms in total. The SMILES string of the molecule is O=C1S/C(=C/C=C/c2ccccc2)C(=O)N1Cc1cccc2ccccc12. The number of thioether (sulfide) groups is 1. The molecule has 0 spiro atoms. The van der Waals surface area contributed by atoms with Crippen molar-refractivity contribution in [3.63, 3.8) is 0 Å². The maximum Gasteiger partial charge on any atom is 0.293 e. The molecule has 0 atom stereocenters. The van der Waals surface area contributed by atoms with Crippen LogP contribution in [0.3, 0.4) is 0 Å². The highest BCUT2D eigenvalue weighted by molar-refractivity contribution is 8.18. The maximum absolute atomic E-state index is 12.7. The van der Waals surface area contributed by atoms with Gasteiger partial charge in [-0.15, -0.1) is 0 Å². The largest absolute Gasteiger partial charge is 0.293 e. The first kappa shape index (κ1) is 17.3. The highest BCUT2D eigenvalue weighted by atomic mass is 32.2. The van der Waals surface area contributed by atoms with Crippen molar-refractivity contribution in [2.75, 3.05) is 0 Å². The van der Waals surface area contributed by atoms with E-state index in [1.165, 1.54) is 4.90 Å². The van der Waals surface area contributed by atoms with Gasteiger partial charge in [-0.25, -0.2) is 0 Å². The van der Waals surface area contributed by atoms with Crippen molar-refractivity contribution in [1.82, 2.24) is 4.90 Å². The van der Waals surface area contributed by atoms with Gasteiger partial charge in [0.1, 0.15) is 0 Å². The van der Waals surface area contributed by atoms with Crippen LogP contribution in [0.5, 0.6) is 0 Å². The van der Waals surface area contributed by atoms with Crippen LogP contribution in [-0.2, 0) is 11.3 Å². The van der Waals surface area contributed by atoms with Crippen molar-refractivity contribution in [3.05, 3.63) is 101 Å². The van der Waals surface area contributed by atoms with E-state index in [0.29, 0.717) is 4.91 Å². The summed E-state index contributed by atoms with van der Waals surface area (Å²) in [4.78, 5) is 26.8. The summed E-state index contributed by atoms with van der Waals surface area (Å²) in [6.07, 6.45) is 5.43. The molecule has 0 radical (unpaired) electrons. The summed E-state index contributed by atoms with van der Waals surface area (Å²) in [6.45, 7) is 0.283. The smallest absolute Gasteiger partial charge is 0.268 e. The third-order valence-electron chi connectivity index (χ3n) is 4.42. The Morgan fingerprint density at radius 2 is 1.59 bits per heavy atom. The summed E-state index contributed by atoms with van der Waals surface area (Å²) >= 11 is 0.989. The maximum atomic E-state index is 12.7. The zero-order valence-corrected chi connectivity index (χ0v) is 15.4. The Hall–Kier alpha value is -3.11. The van der Waals surface area contributed by atoms with Crippen LogP contribution in [0, 0.1) is 0 Å². The quantitative estimate of drug-likeness (QED) is 0.558. The van der Waals surface area contributed by atoms with Gasteiger partial charge in [-0.1, -0.05) is 84.9 Å². The summed E-state index contributed by atoms with van der Waals surface area (Å²) in [5.41, 5.74) is 2.01. The number of imide groups is 1. The van der Waals surface area contributed by atoms with Gasteiger partial charge in [-0.2, -0.15) is 0 Å². The van der Waals surface area contributed by atoms with Gasteiger partial charge in [0.25, 0.3) is 11.1 Å². The third-order valence-corrected chi connectivity index (χ3v) is 5.34. The fraction of sp³-hybridized carbons (Fsp3) is 0.0435. The fourth-order valence-corrected chi connectivity index (χ4v) is 3.85.